The minimum absolute atomic E-state index is 0.865. The molecule has 0 spiro atoms. The van der Waals surface area contributed by atoms with Crippen molar-refractivity contribution >= 4 is 17.4 Å². The molecule has 0 aliphatic rings. The van der Waals surface area contributed by atoms with Gasteiger partial charge in [-0.1, -0.05) is 30.3 Å². The van der Waals surface area contributed by atoms with Crippen molar-refractivity contribution in [3.8, 4) is 11.5 Å². The highest BCUT2D eigenvalue weighted by molar-refractivity contribution is 7.98. The van der Waals surface area contributed by atoms with E-state index in [-0.39, 0.29) is 0 Å². The van der Waals surface area contributed by atoms with Crippen LogP contribution in [0.5, 0.6) is 11.5 Å². The first-order valence-corrected chi connectivity index (χ1v) is 8.34. The molecule has 106 valence electrons. The third kappa shape index (κ3) is 4.82. The molecule has 0 bridgehead atoms. The molecule has 0 atom stereocenters. The SMILES string of the molecule is CSCCCCNc1ccccc1Oc1ccccc1. The zero-order valence-corrected chi connectivity index (χ0v) is 12.7. The van der Waals surface area contributed by atoms with Gasteiger partial charge < -0.3 is 10.1 Å². The van der Waals surface area contributed by atoms with E-state index in [0.717, 1.165) is 23.7 Å². The van der Waals surface area contributed by atoms with Crippen molar-refractivity contribution in [2.45, 2.75) is 12.8 Å². The lowest BCUT2D eigenvalue weighted by molar-refractivity contribution is 0.484. The molecule has 0 amide bonds. The second-order valence-electron chi connectivity index (χ2n) is 4.54. The molecule has 2 rings (SSSR count). The summed E-state index contributed by atoms with van der Waals surface area (Å²) in [4.78, 5) is 0. The first-order valence-electron chi connectivity index (χ1n) is 6.95. The molecule has 1 N–H and O–H groups in total. The maximum atomic E-state index is 5.92. The van der Waals surface area contributed by atoms with Crippen molar-refractivity contribution in [2.24, 2.45) is 0 Å². The lowest BCUT2D eigenvalue weighted by Crippen LogP contribution is -2.03. The molecule has 0 aromatic heterocycles. The Balaban J connectivity index is 1.92. The fraction of sp³-hybridized carbons (Fsp3) is 0.294. The molecule has 20 heavy (non-hydrogen) atoms. The summed E-state index contributed by atoms with van der Waals surface area (Å²) in [5.74, 6) is 2.97. The second kappa shape index (κ2) is 8.54. The maximum absolute atomic E-state index is 5.92. The predicted octanol–water partition coefficient (Wildman–Crippen LogP) is 5.03. The Bertz CT molecular complexity index is 501. The molecule has 2 aromatic carbocycles. The molecule has 2 nitrogen and oxygen atoms in total. The van der Waals surface area contributed by atoms with E-state index in [4.69, 9.17) is 4.74 Å². The van der Waals surface area contributed by atoms with Crippen molar-refractivity contribution < 1.29 is 4.74 Å². The van der Waals surface area contributed by atoms with Crippen molar-refractivity contribution in [1.82, 2.24) is 0 Å². The van der Waals surface area contributed by atoms with E-state index in [0.29, 0.717) is 0 Å². The monoisotopic (exact) mass is 287 g/mol. The minimum atomic E-state index is 0.865. The molecule has 0 unspecified atom stereocenters. The van der Waals surface area contributed by atoms with Gasteiger partial charge in [-0.3, -0.25) is 0 Å². The Labute approximate surface area is 125 Å². The van der Waals surface area contributed by atoms with Gasteiger partial charge in [-0.05, 0) is 49.1 Å². The minimum Gasteiger partial charge on any atom is -0.455 e. The average Bonchev–Trinajstić information content (AvgIpc) is 2.50. The zero-order valence-electron chi connectivity index (χ0n) is 11.8. The number of ether oxygens (including phenoxy) is 1. The smallest absolute Gasteiger partial charge is 0.150 e. The highest BCUT2D eigenvalue weighted by Gasteiger charge is 2.03. The normalized spacial score (nSPS) is 10.2. The Morgan fingerprint density at radius 2 is 1.70 bits per heavy atom. The number of thioether (sulfide) groups is 1. The summed E-state index contributed by atoms with van der Waals surface area (Å²) < 4.78 is 5.92. The number of benzene rings is 2. The van der Waals surface area contributed by atoms with Gasteiger partial charge in [0.25, 0.3) is 0 Å². The summed E-state index contributed by atoms with van der Waals surface area (Å²) in [6.07, 6.45) is 4.58. The number of nitrogens with one attached hydrogen (secondary N) is 1. The fourth-order valence-electron chi connectivity index (χ4n) is 1.91. The van der Waals surface area contributed by atoms with Gasteiger partial charge in [0.05, 0.1) is 5.69 Å². The summed E-state index contributed by atoms with van der Waals surface area (Å²) in [7, 11) is 0. The van der Waals surface area contributed by atoms with Gasteiger partial charge in [-0.25, -0.2) is 0 Å². The number of hydrogen-bond acceptors (Lipinski definition) is 3. The maximum Gasteiger partial charge on any atom is 0.150 e. The first-order chi connectivity index (χ1) is 9.90. The first kappa shape index (κ1) is 14.8. The van der Waals surface area contributed by atoms with Gasteiger partial charge in [0.1, 0.15) is 5.75 Å². The Morgan fingerprint density at radius 3 is 2.50 bits per heavy atom. The van der Waals surface area contributed by atoms with Gasteiger partial charge in [0.2, 0.25) is 0 Å². The van der Waals surface area contributed by atoms with E-state index in [2.05, 4.69) is 17.6 Å². The summed E-state index contributed by atoms with van der Waals surface area (Å²) in [5.41, 5.74) is 1.06. The van der Waals surface area contributed by atoms with Crippen molar-refractivity contribution in [1.29, 1.82) is 0 Å². The molecule has 0 aliphatic heterocycles. The van der Waals surface area contributed by atoms with E-state index in [9.17, 15) is 0 Å². The van der Waals surface area contributed by atoms with Crippen molar-refractivity contribution in [2.75, 3.05) is 23.9 Å². The van der Waals surface area contributed by atoms with Crippen LogP contribution < -0.4 is 10.1 Å². The molecular formula is C17H21NOS. The van der Waals surface area contributed by atoms with Crippen LogP contribution in [0.1, 0.15) is 12.8 Å². The van der Waals surface area contributed by atoms with Crippen molar-refractivity contribution in [3.63, 3.8) is 0 Å². The largest absolute Gasteiger partial charge is 0.455 e. The van der Waals surface area contributed by atoms with Crippen LogP contribution in [0.4, 0.5) is 5.69 Å². The van der Waals surface area contributed by atoms with Crippen LogP contribution in [0, 0.1) is 0 Å². The highest BCUT2D eigenvalue weighted by atomic mass is 32.2. The number of rotatable bonds is 8. The predicted molar refractivity (Wildman–Crippen MR) is 89.1 cm³/mol. The molecule has 3 heteroatoms. The standard InChI is InChI=1S/C17H21NOS/c1-20-14-8-7-13-18-16-11-5-6-12-17(16)19-15-9-3-2-4-10-15/h2-6,9-12,18H,7-8,13-14H2,1H3. The highest BCUT2D eigenvalue weighted by Crippen LogP contribution is 2.28. The third-order valence-electron chi connectivity index (χ3n) is 2.95. The molecule has 0 saturated carbocycles. The van der Waals surface area contributed by atoms with Crippen LogP contribution in [-0.4, -0.2) is 18.6 Å². The van der Waals surface area contributed by atoms with Crippen LogP contribution in [0.3, 0.4) is 0 Å². The van der Waals surface area contributed by atoms with Crippen LogP contribution in [0.2, 0.25) is 0 Å². The Hall–Kier alpha value is -1.61. The van der Waals surface area contributed by atoms with Crippen LogP contribution in [0.15, 0.2) is 54.6 Å². The van der Waals surface area contributed by atoms with Gasteiger partial charge in [0.15, 0.2) is 5.75 Å². The van der Waals surface area contributed by atoms with Gasteiger partial charge in [0, 0.05) is 6.54 Å². The topological polar surface area (TPSA) is 21.3 Å². The second-order valence-corrected chi connectivity index (χ2v) is 5.52. The average molecular weight is 287 g/mol. The van der Waals surface area contributed by atoms with E-state index in [1.807, 2.05) is 60.3 Å². The van der Waals surface area contributed by atoms with E-state index in [1.54, 1.807) is 0 Å². The van der Waals surface area contributed by atoms with Gasteiger partial charge in [-0.15, -0.1) is 0 Å². The number of para-hydroxylation sites is 3. The lowest BCUT2D eigenvalue weighted by atomic mass is 10.2. The molecule has 0 aliphatic carbocycles. The van der Waals surface area contributed by atoms with Gasteiger partial charge in [-0.2, -0.15) is 11.8 Å². The van der Waals surface area contributed by atoms with Gasteiger partial charge >= 0.3 is 0 Å². The zero-order chi connectivity index (χ0) is 14.0. The van der Waals surface area contributed by atoms with E-state index < -0.39 is 0 Å². The molecule has 2 aromatic rings. The summed E-state index contributed by atoms with van der Waals surface area (Å²) in [5, 5.41) is 3.46. The quantitative estimate of drug-likeness (QED) is 0.688. The molecule has 0 saturated heterocycles. The van der Waals surface area contributed by atoms with E-state index >= 15 is 0 Å². The van der Waals surface area contributed by atoms with E-state index in [1.165, 1.54) is 18.6 Å². The lowest BCUT2D eigenvalue weighted by Gasteiger charge is -2.12. The molecule has 0 heterocycles. The van der Waals surface area contributed by atoms with Crippen LogP contribution in [-0.2, 0) is 0 Å². The summed E-state index contributed by atoms with van der Waals surface area (Å²) >= 11 is 1.90. The summed E-state index contributed by atoms with van der Waals surface area (Å²) in [6.45, 7) is 0.982. The number of unbranched alkanes of at least 4 members (excludes halogenated alkanes) is 1. The molecular weight excluding hydrogens is 266 g/mol. The number of hydrogen-bond donors (Lipinski definition) is 1. The number of anilines is 1. The van der Waals surface area contributed by atoms with Crippen LogP contribution in [0.25, 0.3) is 0 Å². The Kier molecular flexibility index (Phi) is 6.32. The Morgan fingerprint density at radius 1 is 0.950 bits per heavy atom. The molecule has 0 fully saturated rings. The molecule has 0 radical (unpaired) electrons. The fourth-order valence-corrected chi connectivity index (χ4v) is 2.40. The summed E-state index contributed by atoms with van der Waals surface area (Å²) in [6, 6.07) is 18.0. The third-order valence-corrected chi connectivity index (χ3v) is 3.65. The van der Waals surface area contributed by atoms with Crippen molar-refractivity contribution in [3.05, 3.63) is 54.6 Å². The van der Waals surface area contributed by atoms with Crippen LogP contribution >= 0.6 is 11.8 Å².